The quantitative estimate of drug-likeness (QED) is 0.674. The van der Waals surface area contributed by atoms with Crippen molar-refractivity contribution in [1.29, 1.82) is 0 Å². The summed E-state index contributed by atoms with van der Waals surface area (Å²) < 4.78 is 1.05. The third-order valence-corrected chi connectivity index (χ3v) is 3.49. The molecule has 3 rings (SSSR count). The molecule has 4 heteroatoms. The van der Waals surface area contributed by atoms with E-state index in [9.17, 15) is 0 Å². The van der Waals surface area contributed by atoms with Crippen LogP contribution in [0.25, 0.3) is 10.9 Å². The molecule has 0 saturated heterocycles. The second-order valence-corrected chi connectivity index (χ2v) is 5.71. The smallest absolute Gasteiger partial charge is 0.131 e. The summed E-state index contributed by atoms with van der Waals surface area (Å²) in [7, 11) is 0. The maximum Gasteiger partial charge on any atom is 0.131 e. The lowest BCUT2D eigenvalue weighted by molar-refractivity contribution is 1.36. The predicted octanol–water partition coefficient (Wildman–Crippen LogP) is 4.63. The van der Waals surface area contributed by atoms with Gasteiger partial charge in [-0.25, -0.2) is 4.98 Å². The van der Waals surface area contributed by atoms with Gasteiger partial charge in [0.25, 0.3) is 0 Å². The van der Waals surface area contributed by atoms with E-state index in [4.69, 9.17) is 5.73 Å². The summed E-state index contributed by atoms with van der Waals surface area (Å²) in [6, 6.07) is 15.9. The van der Waals surface area contributed by atoms with Crippen LogP contribution in [0.3, 0.4) is 0 Å². The van der Waals surface area contributed by atoms with Crippen LogP contribution in [0.2, 0.25) is 0 Å². The van der Waals surface area contributed by atoms with E-state index in [0.717, 1.165) is 32.6 Å². The summed E-state index contributed by atoms with van der Waals surface area (Å²) >= 11 is 3.50. The van der Waals surface area contributed by atoms with Crippen molar-refractivity contribution in [2.75, 3.05) is 11.1 Å². The van der Waals surface area contributed by atoms with Gasteiger partial charge in [-0.2, -0.15) is 0 Å². The first-order valence-electron chi connectivity index (χ1n) is 6.31. The minimum absolute atomic E-state index is 0.752. The molecule has 3 aromatic rings. The average Bonchev–Trinajstić information content (AvgIpc) is 2.38. The molecule has 2 aromatic carbocycles. The first kappa shape index (κ1) is 12.9. The van der Waals surface area contributed by atoms with Gasteiger partial charge >= 0.3 is 0 Å². The number of nitrogens with one attached hydrogen (secondary N) is 1. The second-order valence-electron chi connectivity index (χ2n) is 4.79. The fourth-order valence-corrected chi connectivity index (χ4v) is 2.78. The lowest BCUT2D eigenvalue weighted by Crippen LogP contribution is -1.95. The van der Waals surface area contributed by atoms with E-state index >= 15 is 0 Å². The van der Waals surface area contributed by atoms with E-state index < -0.39 is 0 Å². The highest BCUT2D eigenvalue weighted by Crippen LogP contribution is 2.24. The molecule has 0 saturated carbocycles. The molecule has 0 atom stereocenters. The molecular weight excluding hydrogens is 314 g/mol. The van der Waals surface area contributed by atoms with Crippen LogP contribution < -0.4 is 11.1 Å². The van der Waals surface area contributed by atoms with Crippen LogP contribution in [-0.4, -0.2) is 4.98 Å². The molecule has 3 N–H and O–H groups in total. The molecule has 20 heavy (non-hydrogen) atoms. The number of benzene rings is 2. The number of nitrogen functional groups attached to an aromatic ring is 1. The Hall–Kier alpha value is -2.07. The summed E-state index contributed by atoms with van der Waals surface area (Å²) in [6.45, 7) is 2.06. The highest BCUT2D eigenvalue weighted by molar-refractivity contribution is 9.10. The van der Waals surface area contributed by atoms with E-state index in [-0.39, 0.29) is 0 Å². The number of hydrogen-bond acceptors (Lipinski definition) is 3. The van der Waals surface area contributed by atoms with Gasteiger partial charge in [0.15, 0.2) is 0 Å². The number of halogens is 1. The Morgan fingerprint density at radius 2 is 1.90 bits per heavy atom. The Labute approximate surface area is 126 Å². The van der Waals surface area contributed by atoms with Crippen molar-refractivity contribution >= 4 is 44.0 Å². The molecule has 0 aliphatic carbocycles. The lowest BCUT2D eigenvalue weighted by Gasteiger charge is -2.08. The van der Waals surface area contributed by atoms with Crippen LogP contribution in [0.4, 0.5) is 17.2 Å². The van der Waals surface area contributed by atoms with Crippen LogP contribution in [0.15, 0.2) is 53.0 Å². The number of nitrogens with two attached hydrogens (primary N) is 1. The van der Waals surface area contributed by atoms with Crippen molar-refractivity contribution in [1.82, 2.24) is 4.98 Å². The highest BCUT2D eigenvalue weighted by Gasteiger charge is 2.01. The van der Waals surface area contributed by atoms with Gasteiger partial charge in [0.2, 0.25) is 0 Å². The number of nitrogens with zero attached hydrogens (tertiary/aromatic N) is 1. The average molecular weight is 328 g/mol. The third-order valence-electron chi connectivity index (χ3n) is 3.03. The van der Waals surface area contributed by atoms with Crippen molar-refractivity contribution in [2.24, 2.45) is 0 Å². The summed E-state index contributed by atoms with van der Waals surface area (Å²) in [6.07, 6.45) is 0. The molecule has 3 nitrogen and oxygen atoms in total. The van der Waals surface area contributed by atoms with Gasteiger partial charge in [-0.05, 0) is 61.0 Å². The Kier molecular flexibility index (Phi) is 3.32. The van der Waals surface area contributed by atoms with E-state index in [2.05, 4.69) is 45.3 Å². The lowest BCUT2D eigenvalue weighted by atomic mass is 10.2. The van der Waals surface area contributed by atoms with Gasteiger partial charge in [-0.1, -0.05) is 15.9 Å². The standard InChI is InChI=1S/C16H14BrN3/c1-10-6-12(17)9-14(7-10)19-16-5-2-11-8-13(18)3-4-15(11)20-16/h2-9H,18H2,1H3,(H,19,20). The van der Waals surface area contributed by atoms with Gasteiger partial charge < -0.3 is 11.1 Å². The number of hydrogen-bond donors (Lipinski definition) is 2. The normalized spacial score (nSPS) is 10.7. The Balaban J connectivity index is 1.96. The van der Waals surface area contributed by atoms with Crippen LogP contribution in [0.1, 0.15) is 5.56 Å². The largest absolute Gasteiger partial charge is 0.399 e. The fourth-order valence-electron chi connectivity index (χ4n) is 2.17. The Morgan fingerprint density at radius 1 is 1.05 bits per heavy atom. The third kappa shape index (κ3) is 2.75. The van der Waals surface area contributed by atoms with Crippen LogP contribution in [-0.2, 0) is 0 Å². The topological polar surface area (TPSA) is 50.9 Å². The molecule has 0 unspecified atom stereocenters. The van der Waals surface area contributed by atoms with Crippen molar-refractivity contribution in [3.8, 4) is 0 Å². The molecule has 0 aliphatic heterocycles. The Morgan fingerprint density at radius 3 is 2.70 bits per heavy atom. The molecule has 0 radical (unpaired) electrons. The zero-order chi connectivity index (χ0) is 14.1. The zero-order valence-electron chi connectivity index (χ0n) is 11.0. The van der Waals surface area contributed by atoms with Crippen LogP contribution in [0, 0.1) is 6.92 Å². The summed E-state index contributed by atoms with van der Waals surface area (Å²) in [5, 5.41) is 4.36. The maximum absolute atomic E-state index is 5.77. The number of pyridine rings is 1. The van der Waals surface area contributed by atoms with Gasteiger partial charge in [-0.3, -0.25) is 0 Å². The molecule has 1 aromatic heterocycles. The highest BCUT2D eigenvalue weighted by atomic mass is 79.9. The number of aryl methyl sites for hydroxylation is 1. The van der Waals surface area contributed by atoms with Crippen molar-refractivity contribution in [3.05, 3.63) is 58.6 Å². The van der Waals surface area contributed by atoms with Crippen molar-refractivity contribution < 1.29 is 0 Å². The van der Waals surface area contributed by atoms with Gasteiger partial charge in [0.05, 0.1) is 5.52 Å². The summed E-state index contributed by atoms with van der Waals surface area (Å²) in [5.41, 5.74) is 9.65. The van der Waals surface area contributed by atoms with E-state index in [1.165, 1.54) is 5.56 Å². The van der Waals surface area contributed by atoms with Gasteiger partial charge in [-0.15, -0.1) is 0 Å². The number of rotatable bonds is 2. The number of aromatic nitrogens is 1. The molecule has 0 bridgehead atoms. The molecular formula is C16H14BrN3. The minimum Gasteiger partial charge on any atom is -0.399 e. The monoisotopic (exact) mass is 327 g/mol. The number of fused-ring (bicyclic) bond motifs is 1. The molecule has 0 spiro atoms. The first-order valence-corrected chi connectivity index (χ1v) is 7.10. The second kappa shape index (κ2) is 5.13. The summed E-state index contributed by atoms with van der Waals surface area (Å²) in [4.78, 5) is 4.59. The van der Waals surface area contributed by atoms with Crippen LogP contribution >= 0.6 is 15.9 Å². The minimum atomic E-state index is 0.752. The van der Waals surface area contributed by atoms with E-state index in [1.807, 2.05) is 36.4 Å². The first-order chi connectivity index (χ1) is 9.60. The van der Waals surface area contributed by atoms with E-state index in [1.54, 1.807) is 0 Å². The summed E-state index contributed by atoms with van der Waals surface area (Å²) in [5.74, 6) is 0.819. The van der Waals surface area contributed by atoms with Crippen molar-refractivity contribution in [3.63, 3.8) is 0 Å². The van der Waals surface area contributed by atoms with E-state index in [0.29, 0.717) is 0 Å². The zero-order valence-corrected chi connectivity index (χ0v) is 12.6. The number of anilines is 3. The molecule has 0 fully saturated rings. The maximum atomic E-state index is 5.77. The molecule has 0 amide bonds. The molecule has 100 valence electrons. The van der Waals surface area contributed by atoms with Gasteiger partial charge in [0.1, 0.15) is 5.82 Å². The Bertz CT molecular complexity index is 764. The molecule has 0 aliphatic rings. The van der Waals surface area contributed by atoms with Gasteiger partial charge in [0, 0.05) is 21.2 Å². The predicted molar refractivity (Wildman–Crippen MR) is 88.3 cm³/mol. The SMILES string of the molecule is Cc1cc(Br)cc(Nc2ccc3cc(N)ccc3n2)c1. The molecule has 1 heterocycles. The fraction of sp³-hybridized carbons (Fsp3) is 0.0625. The van der Waals surface area contributed by atoms with Crippen molar-refractivity contribution in [2.45, 2.75) is 6.92 Å². The van der Waals surface area contributed by atoms with Crippen LogP contribution in [0.5, 0.6) is 0 Å².